The first-order chi connectivity index (χ1) is 18.4. The normalized spacial score (nSPS) is 12.6. The van der Waals surface area contributed by atoms with Crippen molar-refractivity contribution in [2.24, 2.45) is 0 Å². The average Bonchev–Trinajstić information content (AvgIpc) is 2.94. The molecule has 0 aromatic heterocycles. The number of nitrogens with zero attached hydrogens (tertiary/aromatic N) is 2. The SMILES string of the molecule is COc1ccc(C(OCCOP(OCCC#N)N(C(C)C)C(C)C)(c2ccccc2)c2ccccc2)cc1. The standard InChI is InChI=1S/C31H39N2O4P/c1-25(2)33(26(3)4)38(36-22-12-21-32)37-24-23-35-31(27-13-8-6-9-14-27,28-15-10-7-11-16-28)29-17-19-30(34-5)20-18-29/h6-11,13-20,25-26H,12,22-24H2,1-5H3. The van der Waals surface area contributed by atoms with Gasteiger partial charge in [-0.2, -0.15) is 5.26 Å². The number of hydrogen-bond donors (Lipinski definition) is 0. The third kappa shape index (κ3) is 7.41. The van der Waals surface area contributed by atoms with E-state index in [0.29, 0.717) is 26.2 Å². The van der Waals surface area contributed by atoms with Gasteiger partial charge >= 0.3 is 0 Å². The van der Waals surface area contributed by atoms with E-state index in [1.165, 1.54) is 0 Å². The van der Waals surface area contributed by atoms with Gasteiger partial charge in [-0.1, -0.05) is 72.8 Å². The van der Waals surface area contributed by atoms with Crippen LogP contribution in [0.25, 0.3) is 0 Å². The third-order valence-electron chi connectivity index (χ3n) is 6.12. The lowest BCUT2D eigenvalue weighted by Gasteiger charge is -2.37. The van der Waals surface area contributed by atoms with E-state index < -0.39 is 14.1 Å². The summed E-state index contributed by atoms with van der Waals surface area (Å²) in [7, 11) is 0.320. The molecule has 0 fully saturated rings. The summed E-state index contributed by atoms with van der Waals surface area (Å²) in [6.45, 7) is 9.52. The molecular formula is C31H39N2O4P. The van der Waals surface area contributed by atoms with Crippen LogP contribution in [0.3, 0.4) is 0 Å². The van der Waals surface area contributed by atoms with Gasteiger partial charge in [0.1, 0.15) is 11.4 Å². The zero-order valence-corrected chi connectivity index (χ0v) is 23.9. The summed E-state index contributed by atoms with van der Waals surface area (Å²) in [5.41, 5.74) is 2.19. The van der Waals surface area contributed by atoms with Gasteiger partial charge in [0.05, 0.1) is 39.4 Å². The van der Waals surface area contributed by atoms with Crippen molar-refractivity contribution in [2.45, 2.75) is 51.8 Å². The van der Waals surface area contributed by atoms with Crippen LogP contribution in [0, 0.1) is 11.3 Å². The molecule has 0 saturated heterocycles. The van der Waals surface area contributed by atoms with Crippen LogP contribution in [0.2, 0.25) is 0 Å². The number of hydrogen-bond acceptors (Lipinski definition) is 6. The third-order valence-corrected chi connectivity index (χ3v) is 8.23. The van der Waals surface area contributed by atoms with Crippen LogP contribution in [0.1, 0.15) is 50.8 Å². The van der Waals surface area contributed by atoms with E-state index in [4.69, 9.17) is 23.8 Å². The Balaban J connectivity index is 1.92. The Morgan fingerprint density at radius 3 is 1.71 bits per heavy atom. The van der Waals surface area contributed by atoms with Crippen molar-refractivity contribution >= 4 is 8.53 Å². The topological polar surface area (TPSA) is 64.0 Å². The van der Waals surface area contributed by atoms with Crippen molar-refractivity contribution in [1.29, 1.82) is 5.26 Å². The maximum absolute atomic E-state index is 8.99. The fourth-order valence-corrected chi connectivity index (χ4v) is 6.12. The van der Waals surface area contributed by atoms with E-state index in [0.717, 1.165) is 22.4 Å². The first-order valence-electron chi connectivity index (χ1n) is 13.0. The molecule has 7 heteroatoms. The minimum atomic E-state index is -1.35. The maximum atomic E-state index is 8.99. The molecule has 1 atom stereocenters. The second-order valence-corrected chi connectivity index (χ2v) is 10.8. The molecule has 3 aromatic carbocycles. The Morgan fingerprint density at radius 1 is 0.737 bits per heavy atom. The summed E-state index contributed by atoms with van der Waals surface area (Å²) in [6, 6.07) is 31.1. The Kier molecular flexibility index (Phi) is 11.7. The molecular weight excluding hydrogens is 495 g/mol. The van der Waals surface area contributed by atoms with Gasteiger partial charge in [0, 0.05) is 12.1 Å². The van der Waals surface area contributed by atoms with Crippen molar-refractivity contribution in [3.63, 3.8) is 0 Å². The summed E-state index contributed by atoms with van der Waals surface area (Å²) >= 11 is 0. The highest BCUT2D eigenvalue weighted by atomic mass is 31.2. The van der Waals surface area contributed by atoms with E-state index >= 15 is 0 Å². The number of benzene rings is 3. The van der Waals surface area contributed by atoms with Crippen molar-refractivity contribution < 1.29 is 18.5 Å². The number of rotatable bonds is 15. The highest BCUT2D eigenvalue weighted by Gasteiger charge is 2.38. The van der Waals surface area contributed by atoms with Crippen LogP contribution in [0.15, 0.2) is 84.9 Å². The van der Waals surface area contributed by atoms with E-state index in [1.54, 1.807) is 7.11 Å². The van der Waals surface area contributed by atoms with Crippen LogP contribution < -0.4 is 4.74 Å². The quantitative estimate of drug-likeness (QED) is 0.116. The summed E-state index contributed by atoms with van der Waals surface area (Å²) in [5.74, 6) is 0.787. The van der Waals surface area contributed by atoms with Crippen molar-refractivity contribution in [2.75, 3.05) is 26.9 Å². The molecule has 0 aliphatic carbocycles. The lowest BCUT2D eigenvalue weighted by atomic mass is 9.80. The minimum absolute atomic E-state index is 0.233. The van der Waals surface area contributed by atoms with Gasteiger partial charge in [-0.15, -0.1) is 0 Å². The van der Waals surface area contributed by atoms with Crippen LogP contribution in [-0.4, -0.2) is 43.7 Å². The fourth-order valence-electron chi connectivity index (χ4n) is 4.54. The molecule has 202 valence electrons. The van der Waals surface area contributed by atoms with Crippen LogP contribution in [-0.2, 0) is 19.4 Å². The van der Waals surface area contributed by atoms with Gasteiger partial charge in [-0.25, -0.2) is 4.67 Å². The molecule has 0 aliphatic heterocycles. The van der Waals surface area contributed by atoms with Gasteiger partial charge in [0.25, 0.3) is 8.53 Å². The van der Waals surface area contributed by atoms with Gasteiger partial charge in [0.2, 0.25) is 0 Å². The Hall–Kier alpha value is -2.78. The molecule has 0 spiro atoms. The predicted molar refractivity (Wildman–Crippen MR) is 153 cm³/mol. The van der Waals surface area contributed by atoms with Gasteiger partial charge in [-0.05, 0) is 56.5 Å². The molecule has 0 N–H and O–H groups in total. The van der Waals surface area contributed by atoms with Gasteiger partial charge in [-0.3, -0.25) is 0 Å². The molecule has 0 saturated carbocycles. The molecule has 3 aromatic rings. The number of methoxy groups -OCH3 is 1. The highest BCUT2D eigenvalue weighted by molar-refractivity contribution is 7.44. The molecule has 3 rings (SSSR count). The molecule has 0 amide bonds. The van der Waals surface area contributed by atoms with Crippen molar-refractivity contribution in [1.82, 2.24) is 4.67 Å². The Bertz CT molecular complexity index is 1070. The second-order valence-electron chi connectivity index (χ2n) is 9.37. The number of ether oxygens (including phenoxy) is 2. The van der Waals surface area contributed by atoms with E-state index in [-0.39, 0.29) is 12.1 Å². The fraction of sp³-hybridized carbons (Fsp3) is 0.387. The maximum Gasteiger partial charge on any atom is 0.259 e. The lowest BCUT2D eigenvalue weighted by molar-refractivity contribution is -0.00502. The highest BCUT2D eigenvalue weighted by Crippen LogP contribution is 2.46. The second kappa shape index (κ2) is 15.0. The summed E-state index contributed by atoms with van der Waals surface area (Å²) < 4.78 is 26.9. The largest absolute Gasteiger partial charge is 0.497 e. The average molecular weight is 535 g/mol. The lowest BCUT2D eigenvalue weighted by Crippen LogP contribution is -2.35. The first-order valence-corrected chi connectivity index (χ1v) is 14.2. The van der Waals surface area contributed by atoms with Crippen molar-refractivity contribution in [3.05, 3.63) is 102 Å². The summed E-state index contributed by atoms with van der Waals surface area (Å²) in [6.07, 6.45) is 0.325. The summed E-state index contributed by atoms with van der Waals surface area (Å²) in [4.78, 5) is 0. The Labute approximate surface area is 229 Å². The smallest absolute Gasteiger partial charge is 0.259 e. The van der Waals surface area contributed by atoms with Crippen LogP contribution in [0.4, 0.5) is 0 Å². The molecule has 0 aliphatic rings. The first kappa shape index (κ1) is 29.8. The molecule has 0 bridgehead atoms. The van der Waals surface area contributed by atoms with Gasteiger partial charge in [0.15, 0.2) is 0 Å². The summed E-state index contributed by atoms with van der Waals surface area (Å²) in [5, 5.41) is 8.99. The number of nitriles is 1. The Morgan fingerprint density at radius 2 is 1.24 bits per heavy atom. The van der Waals surface area contributed by atoms with E-state index in [2.05, 4.69) is 74.8 Å². The van der Waals surface area contributed by atoms with E-state index in [1.807, 2.05) is 48.5 Å². The van der Waals surface area contributed by atoms with Crippen molar-refractivity contribution in [3.8, 4) is 11.8 Å². The monoisotopic (exact) mass is 534 g/mol. The minimum Gasteiger partial charge on any atom is -0.497 e. The van der Waals surface area contributed by atoms with Crippen LogP contribution >= 0.6 is 8.53 Å². The predicted octanol–water partition coefficient (Wildman–Crippen LogP) is 7.30. The van der Waals surface area contributed by atoms with Crippen LogP contribution in [0.5, 0.6) is 5.75 Å². The molecule has 0 heterocycles. The molecule has 6 nitrogen and oxygen atoms in total. The molecule has 0 radical (unpaired) electrons. The van der Waals surface area contributed by atoms with E-state index in [9.17, 15) is 0 Å². The van der Waals surface area contributed by atoms with Gasteiger partial charge < -0.3 is 18.5 Å². The molecule has 1 unspecified atom stereocenters. The zero-order chi connectivity index (χ0) is 27.4. The molecule has 38 heavy (non-hydrogen) atoms. The zero-order valence-electron chi connectivity index (χ0n) is 23.0.